The molecule has 1 aliphatic heterocycles. The maximum atomic E-state index is 13.4. The van der Waals surface area contributed by atoms with Crippen molar-refractivity contribution < 1.29 is 41.4 Å². The summed E-state index contributed by atoms with van der Waals surface area (Å²) in [5, 5.41) is 0. The fourth-order valence-corrected chi connectivity index (χ4v) is 9.74. The van der Waals surface area contributed by atoms with Gasteiger partial charge in [0.1, 0.15) is 37.7 Å². The van der Waals surface area contributed by atoms with Gasteiger partial charge in [-0.15, -0.1) is 0 Å². The van der Waals surface area contributed by atoms with Crippen molar-refractivity contribution in [3.8, 4) is 11.5 Å². The predicted molar refractivity (Wildman–Crippen MR) is 215 cm³/mol. The third-order valence-corrected chi connectivity index (χ3v) is 12.6. The molecule has 0 spiro atoms. The molecule has 12 nitrogen and oxygen atoms in total. The van der Waals surface area contributed by atoms with Crippen molar-refractivity contribution in [2.45, 2.75) is 83.3 Å². The molecule has 1 amide bonds. The van der Waals surface area contributed by atoms with E-state index in [1.807, 2.05) is 107 Å². The number of alkyl halides is 3. The van der Waals surface area contributed by atoms with Gasteiger partial charge < -0.3 is 28.4 Å². The van der Waals surface area contributed by atoms with E-state index in [1.54, 1.807) is 21.1 Å². The van der Waals surface area contributed by atoms with Gasteiger partial charge in [0.15, 0.2) is 0 Å². The normalized spacial score (nSPS) is 17.9. The van der Waals surface area contributed by atoms with Crippen LogP contribution in [0.2, 0.25) is 0 Å². The number of nitrogens with one attached hydrogen (secondary N) is 1. The number of rotatable bonds is 17. The first-order valence-electron chi connectivity index (χ1n) is 19.0. The Morgan fingerprint density at radius 2 is 1.43 bits per heavy atom. The van der Waals surface area contributed by atoms with Gasteiger partial charge in [0.2, 0.25) is 0 Å². The lowest BCUT2D eigenvalue weighted by atomic mass is 9.80. The summed E-state index contributed by atoms with van der Waals surface area (Å²) in [6, 6.07) is 24.6. The van der Waals surface area contributed by atoms with Gasteiger partial charge in [-0.1, -0.05) is 54.6 Å². The van der Waals surface area contributed by atoms with Crippen molar-refractivity contribution in [1.82, 2.24) is 19.1 Å². The summed E-state index contributed by atoms with van der Waals surface area (Å²) >= 11 is 0. The third kappa shape index (κ3) is 10.0. The van der Waals surface area contributed by atoms with Crippen LogP contribution in [0.3, 0.4) is 0 Å². The van der Waals surface area contributed by atoms with Gasteiger partial charge in [0, 0.05) is 50.0 Å². The number of H-pyrrole nitrogens is 1. The number of ether oxygens (including phenoxy) is 4. The van der Waals surface area contributed by atoms with E-state index < -0.39 is 55.7 Å². The van der Waals surface area contributed by atoms with Gasteiger partial charge in [-0.25, -0.2) is 4.79 Å². The number of halogens is 3. The van der Waals surface area contributed by atoms with Crippen LogP contribution in [0.1, 0.15) is 62.6 Å². The largest absolute Gasteiger partial charge is 0.497 e. The summed E-state index contributed by atoms with van der Waals surface area (Å²) in [6.45, 7) is 9.16. The Labute approximate surface area is 337 Å². The summed E-state index contributed by atoms with van der Waals surface area (Å²) in [7, 11) is 2.64. The Hall–Kier alpha value is -4.53. The van der Waals surface area contributed by atoms with E-state index >= 15 is 0 Å². The van der Waals surface area contributed by atoms with Crippen LogP contribution in [-0.2, 0) is 24.4 Å². The summed E-state index contributed by atoms with van der Waals surface area (Å²) in [5.41, 5.74) is 0.220. The number of aryl methyl sites for hydroxylation is 1. The number of carbonyl (C=O) groups is 1. The molecule has 0 bridgehead atoms. The first-order valence-corrected chi connectivity index (χ1v) is 20.4. The summed E-state index contributed by atoms with van der Waals surface area (Å²) < 4.78 is 75.4. The standard InChI is InChI=1S/C42H52F3N4O8P/c1-27(2)49(28(3)4)58(23-22-47(6)39(51)42(43,44)45)57-35-24-37(48-25-29(5)38(50)46-40(48)52)56-36(35)26-55-41(30-12-10-9-11-13-30,31-14-18-33(53-7)19-15-31)32-16-20-34(54-8)21-17-32/h9-21,25,27-28,35-37H,22-24,26H2,1-8H3,(H,46,50,52)/t35-,36+,37+,58?/m0/s1. The van der Waals surface area contributed by atoms with Crippen molar-refractivity contribution >= 4 is 14.2 Å². The topological polar surface area (TPSA) is 125 Å². The molecule has 1 saturated heterocycles. The van der Waals surface area contributed by atoms with E-state index in [4.69, 9.17) is 23.5 Å². The minimum atomic E-state index is -5.02. The summed E-state index contributed by atoms with van der Waals surface area (Å²) in [5.74, 6) is -0.651. The summed E-state index contributed by atoms with van der Waals surface area (Å²) in [6.07, 6.45) is -5.82. The Morgan fingerprint density at radius 1 is 0.897 bits per heavy atom. The lowest BCUT2D eigenvalue weighted by molar-refractivity contribution is -0.183. The third-order valence-electron chi connectivity index (χ3n) is 10.1. The van der Waals surface area contributed by atoms with Crippen molar-refractivity contribution in [2.24, 2.45) is 0 Å². The molecule has 16 heteroatoms. The fourth-order valence-electron chi connectivity index (χ4n) is 7.26. The second kappa shape index (κ2) is 19.0. The average molecular weight is 829 g/mol. The molecule has 1 unspecified atom stereocenters. The van der Waals surface area contributed by atoms with E-state index in [0.717, 1.165) is 23.7 Å². The SMILES string of the molecule is COc1ccc(C(OC[C@H]2O[C@@H](n3cc(C)c(=O)[nH]c3=O)C[C@@H]2OP(CCN(C)C(=O)C(F)(F)F)N(C(C)C)C(C)C)(c2ccccc2)c2ccc(OC)cc2)cc1. The number of hydrogen-bond acceptors (Lipinski definition) is 9. The highest BCUT2D eigenvalue weighted by Crippen LogP contribution is 2.50. The van der Waals surface area contributed by atoms with E-state index in [9.17, 15) is 27.6 Å². The highest BCUT2D eigenvalue weighted by atomic mass is 31.2. The number of benzene rings is 3. The number of amides is 1. The molecule has 1 aromatic heterocycles. The van der Waals surface area contributed by atoms with Gasteiger partial charge in [0.05, 0.1) is 26.9 Å². The molecule has 1 fully saturated rings. The van der Waals surface area contributed by atoms with E-state index in [0.29, 0.717) is 22.0 Å². The van der Waals surface area contributed by atoms with Crippen LogP contribution in [0.4, 0.5) is 13.2 Å². The first-order chi connectivity index (χ1) is 27.5. The molecule has 0 aliphatic carbocycles. The molecular weight excluding hydrogens is 776 g/mol. The number of aromatic nitrogens is 2. The minimum absolute atomic E-state index is 0.0792. The van der Waals surface area contributed by atoms with Gasteiger partial charge in [-0.2, -0.15) is 13.2 Å². The molecule has 2 heterocycles. The molecule has 314 valence electrons. The monoisotopic (exact) mass is 828 g/mol. The second-order valence-corrected chi connectivity index (χ2v) is 16.5. The van der Waals surface area contributed by atoms with Gasteiger partial charge >= 0.3 is 17.8 Å². The van der Waals surface area contributed by atoms with Crippen LogP contribution >= 0.6 is 8.30 Å². The molecule has 3 aromatic carbocycles. The van der Waals surface area contributed by atoms with Crippen LogP contribution < -0.4 is 20.7 Å². The quantitative estimate of drug-likeness (QED) is 0.0886. The highest BCUT2D eigenvalue weighted by molar-refractivity contribution is 7.50. The highest BCUT2D eigenvalue weighted by Gasteiger charge is 2.45. The van der Waals surface area contributed by atoms with Crippen LogP contribution in [0.15, 0.2) is 94.6 Å². The Morgan fingerprint density at radius 3 is 1.93 bits per heavy atom. The molecule has 5 rings (SSSR count). The zero-order valence-electron chi connectivity index (χ0n) is 34.0. The number of carbonyl (C=O) groups excluding carboxylic acids is 1. The molecule has 4 atom stereocenters. The molecular formula is C42H52F3N4O8P. The first kappa shape index (κ1) is 44.6. The van der Waals surface area contributed by atoms with Gasteiger partial charge in [-0.05, 0) is 75.6 Å². The van der Waals surface area contributed by atoms with E-state index in [2.05, 4.69) is 9.65 Å². The van der Waals surface area contributed by atoms with E-state index in [-0.39, 0.29) is 37.8 Å². The number of nitrogens with zero attached hydrogens (tertiary/aromatic N) is 3. The van der Waals surface area contributed by atoms with Crippen LogP contribution in [0.25, 0.3) is 0 Å². The molecule has 0 saturated carbocycles. The maximum Gasteiger partial charge on any atom is 0.471 e. The Balaban J connectivity index is 1.60. The maximum absolute atomic E-state index is 13.4. The van der Waals surface area contributed by atoms with E-state index in [1.165, 1.54) is 10.8 Å². The van der Waals surface area contributed by atoms with Crippen molar-refractivity contribution in [1.29, 1.82) is 0 Å². The smallest absolute Gasteiger partial charge is 0.471 e. The van der Waals surface area contributed by atoms with Crippen molar-refractivity contribution in [2.75, 3.05) is 40.6 Å². The summed E-state index contributed by atoms with van der Waals surface area (Å²) in [4.78, 5) is 40.7. The fraction of sp³-hybridized carbons (Fsp3) is 0.452. The zero-order chi connectivity index (χ0) is 42.4. The number of aromatic amines is 1. The van der Waals surface area contributed by atoms with Gasteiger partial charge in [0.25, 0.3) is 5.56 Å². The number of methoxy groups -OCH3 is 2. The zero-order valence-corrected chi connectivity index (χ0v) is 34.9. The predicted octanol–water partition coefficient (Wildman–Crippen LogP) is 7.00. The van der Waals surface area contributed by atoms with Crippen LogP contribution in [0, 0.1) is 6.92 Å². The molecule has 0 radical (unpaired) electrons. The lowest BCUT2D eigenvalue weighted by Gasteiger charge is -2.40. The lowest BCUT2D eigenvalue weighted by Crippen LogP contribution is -2.42. The number of hydrogen-bond donors (Lipinski definition) is 1. The molecule has 1 aliphatic rings. The Bertz CT molecular complexity index is 2020. The van der Waals surface area contributed by atoms with Crippen LogP contribution in [0.5, 0.6) is 11.5 Å². The van der Waals surface area contributed by atoms with Crippen molar-refractivity contribution in [3.63, 3.8) is 0 Å². The van der Waals surface area contributed by atoms with Crippen molar-refractivity contribution in [3.05, 3.63) is 128 Å². The Kier molecular flexibility index (Phi) is 14.6. The van der Waals surface area contributed by atoms with Gasteiger partial charge in [-0.3, -0.25) is 23.8 Å². The second-order valence-electron chi connectivity index (χ2n) is 14.7. The molecule has 4 aromatic rings. The van der Waals surface area contributed by atoms with Crippen LogP contribution in [-0.4, -0.2) is 96.1 Å². The molecule has 1 N–H and O–H groups in total. The average Bonchev–Trinajstić information content (AvgIpc) is 3.60. The minimum Gasteiger partial charge on any atom is -0.497 e. The molecule has 58 heavy (non-hydrogen) atoms.